The average molecular weight is 432 g/mol. The first-order chi connectivity index (χ1) is 15.8. The van der Waals surface area contributed by atoms with Crippen molar-refractivity contribution in [3.8, 4) is 11.3 Å². The van der Waals surface area contributed by atoms with Crippen molar-refractivity contribution in [2.45, 2.75) is 25.5 Å². The van der Waals surface area contributed by atoms with Crippen molar-refractivity contribution in [2.75, 3.05) is 39.3 Å². The number of rotatable bonds is 6. The van der Waals surface area contributed by atoms with Crippen LogP contribution in [0.25, 0.3) is 11.3 Å². The zero-order valence-corrected chi connectivity index (χ0v) is 18.3. The molecule has 0 spiro atoms. The summed E-state index contributed by atoms with van der Waals surface area (Å²) in [5, 5.41) is 4.78. The molecule has 32 heavy (non-hydrogen) atoms. The molecule has 0 radical (unpaired) electrons. The molecule has 2 saturated heterocycles. The van der Waals surface area contributed by atoms with Gasteiger partial charge in [0, 0.05) is 63.5 Å². The van der Waals surface area contributed by atoms with Crippen molar-refractivity contribution >= 4 is 5.91 Å². The zero-order valence-electron chi connectivity index (χ0n) is 18.3. The average Bonchev–Trinajstić information content (AvgIpc) is 3.50. The lowest BCUT2D eigenvalue weighted by molar-refractivity contribution is 0.0433. The highest BCUT2D eigenvalue weighted by Crippen LogP contribution is 2.24. The summed E-state index contributed by atoms with van der Waals surface area (Å²) in [6.07, 6.45) is 8.05. The maximum atomic E-state index is 13.5. The van der Waals surface area contributed by atoms with E-state index in [1.165, 1.54) is 0 Å². The molecule has 2 aromatic heterocycles. The fourth-order valence-electron chi connectivity index (χ4n) is 4.53. The first-order valence-electron chi connectivity index (χ1n) is 11.4. The minimum Gasteiger partial charge on any atom is -0.377 e. The minimum absolute atomic E-state index is 0.0416. The van der Waals surface area contributed by atoms with Crippen LogP contribution in [0.1, 0.15) is 28.8 Å². The van der Waals surface area contributed by atoms with Crippen LogP contribution in [0.3, 0.4) is 0 Å². The van der Waals surface area contributed by atoms with E-state index >= 15 is 0 Å². The monoisotopic (exact) mass is 431 g/mol. The Morgan fingerprint density at radius 1 is 1.06 bits per heavy atom. The van der Waals surface area contributed by atoms with Crippen molar-refractivity contribution in [1.29, 1.82) is 0 Å². The molecule has 1 atom stereocenters. The van der Waals surface area contributed by atoms with Gasteiger partial charge in [-0.25, -0.2) is 0 Å². The first-order valence-corrected chi connectivity index (χ1v) is 11.4. The third-order valence-electron chi connectivity index (χ3n) is 6.26. The molecule has 4 heterocycles. The summed E-state index contributed by atoms with van der Waals surface area (Å²) in [6, 6.07) is 14.0. The van der Waals surface area contributed by atoms with Crippen LogP contribution < -0.4 is 0 Å². The van der Waals surface area contributed by atoms with E-state index in [9.17, 15) is 4.79 Å². The summed E-state index contributed by atoms with van der Waals surface area (Å²) in [6.45, 7) is 5.68. The largest absolute Gasteiger partial charge is 0.377 e. The smallest absolute Gasteiger partial charge is 0.257 e. The fraction of sp³-hybridized carbons (Fsp3) is 0.400. The number of carbonyl (C=O) groups excluding carboxylic acids is 1. The summed E-state index contributed by atoms with van der Waals surface area (Å²) in [7, 11) is 0. The number of carbonyl (C=O) groups is 1. The standard InChI is InChI=1S/C25H29N5O2/c31-25(29-13-11-28(12-14-29)18-22-9-5-15-32-22)23-19-30(17-20-6-2-1-3-7-20)27-24(23)21-8-4-10-26-16-21/h1-4,6-8,10,16,19,22H,5,9,11-15,17-18H2/t22-/m0/s1. The Kier molecular flexibility index (Phi) is 6.27. The van der Waals surface area contributed by atoms with E-state index in [1.54, 1.807) is 12.4 Å². The highest BCUT2D eigenvalue weighted by molar-refractivity contribution is 5.99. The van der Waals surface area contributed by atoms with E-state index in [2.05, 4.69) is 22.0 Å². The molecule has 1 aromatic carbocycles. The van der Waals surface area contributed by atoms with Crippen LogP contribution in [0.2, 0.25) is 0 Å². The van der Waals surface area contributed by atoms with Gasteiger partial charge in [-0.3, -0.25) is 19.4 Å². The van der Waals surface area contributed by atoms with Crippen LogP contribution >= 0.6 is 0 Å². The van der Waals surface area contributed by atoms with Crippen LogP contribution in [0.15, 0.2) is 61.1 Å². The molecule has 0 N–H and O–H groups in total. The lowest BCUT2D eigenvalue weighted by atomic mass is 10.1. The number of piperazine rings is 1. The molecule has 0 bridgehead atoms. The normalized spacial score (nSPS) is 19.4. The van der Waals surface area contributed by atoms with Crippen LogP contribution in [-0.2, 0) is 11.3 Å². The van der Waals surface area contributed by atoms with Gasteiger partial charge in [0.25, 0.3) is 5.91 Å². The zero-order chi connectivity index (χ0) is 21.8. The molecule has 0 unspecified atom stereocenters. The Labute approximate surface area is 188 Å². The number of benzene rings is 1. The summed E-state index contributed by atoms with van der Waals surface area (Å²) < 4.78 is 7.64. The van der Waals surface area contributed by atoms with Gasteiger partial charge in [0.2, 0.25) is 0 Å². The second kappa shape index (κ2) is 9.63. The quantitative estimate of drug-likeness (QED) is 0.601. The van der Waals surface area contributed by atoms with Gasteiger partial charge >= 0.3 is 0 Å². The Balaban J connectivity index is 1.33. The molecule has 166 valence electrons. The summed E-state index contributed by atoms with van der Waals surface area (Å²) in [4.78, 5) is 22.1. The topological polar surface area (TPSA) is 63.5 Å². The molecular formula is C25H29N5O2. The maximum Gasteiger partial charge on any atom is 0.257 e. The van der Waals surface area contributed by atoms with Crippen LogP contribution in [0.4, 0.5) is 0 Å². The van der Waals surface area contributed by atoms with Crippen LogP contribution in [0.5, 0.6) is 0 Å². The Bertz CT molecular complexity index is 1020. The Morgan fingerprint density at radius 3 is 2.62 bits per heavy atom. The lowest BCUT2D eigenvalue weighted by Crippen LogP contribution is -2.50. The fourth-order valence-corrected chi connectivity index (χ4v) is 4.53. The van der Waals surface area contributed by atoms with Crippen molar-refractivity contribution < 1.29 is 9.53 Å². The molecule has 7 nitrogen and oxygen atoms in total. The number of amides is 1. The molecule has 2 aliphatic heterocycles. The van der Waals surface area contributed by atoms with Crippen molar-refractivity contribution in [3.05, 3.63) is 72.2 Å². The molecule has 3 aromatic rings. The number of hydrogen-bond donors (Lipinski definition) is 0. The molecule has 0 saturated carbocycles. The number of nitrogens with zero attached hydrogens (tertiary/aromatic N) is 5. The van der Waals surface area contributed by atoms with Gasteiger partial charge in [-0.05, 0) is 30.5 Å². The number of pyridine rings is 1. The minimum atomic E-state index is 0.0416. The lowest BCUT2D eigenvalue weighted by Gasteiger charge is -2.35. The summed E-state index contributed by atoms with van der Waals surface area (Å²) >= 11 is 0. The highest BCUT2D eigenvalue weighted by Gasteiger charge is 2.28. The van der Waals surface area contributed by atoms with Crippen LogP contribution in [-0.4, -0.2) is 75.9 Å². The maximum absolute atomic E-state index is 13.5. The number of ether oxygens (including phenoxy) is 1. The molecule has 0 aliphatic carbocycles. The number of hydrogen-bond acceptors (Lipinski definition) is 5. The van der Waals surface area contributed by atoms with E-state index in [0.29, 0.717) is 23.9 Å². The summed E-state index contributed by atoms with van der Waals surface area (Å²) in [5.41, 5.74) is 3.34. The van der Waals surface area contributed by atoms with Crippen LogP contribution in [0, 0.1) is 0 Å². The second-order valence-electron chi connectivity index (χ2n) is 8.54. The van der Waals surface area contributed by atoms with E-state index < -0.39 is 0 Å². The molecule has 7 heteroatoms. The Morgan fingerprint density at radius 2 is 1.91 bits per heavy atom. The molecular weight excluding hydrogens is 402 g/mol. The van der Waals surface area contributed by atoms with Crippen molar-refractivity contribution in [2.24, 2.45) is 0 Å². The second-order valence-corrected chi connectivity index (χ2v) is 8.54. The van der Waals surface area contributed by atoms with Crippen molar-refractivity contribution in [3.63, 3.8) is 0 Å². The molecule has 2 aliphatic rings. The number of aromatic nitrogens is 3. The SMILES string of the molecule is O=C(c1cn(Cc2ccccc2)nc1-c1cccnc1)N1CCN(C[C@@H]2CCCO2)CC1. The van der Waals surface area contributed by atoms with Gasteiger partial charge in [0.1, 0.15) is 5.69 Å². The van der Waals surface area contributed by atoms with Gasteiger partial charge in [-0.15, -0.1) is 0 Å². The highest BCUT2D eigenvalue weighted by atomic mass is 16.5. The van der Waals surface area contributed by atoms with E-state index in [0.717, 1.165) is 63.3 Å². The predicted molar refractivity (Wildman–Crippen MR) is 122 cm³/mol. The van der Waals surface area contributed by atoms with E-state index in [-0.39, 0.29) is 5.91 Å². The third kappa shape index (κ3) is 4.74. The van der Waals surface area contributed by atoms with Gasteiger partial charge in [0.15, 0.2) is 0 Å². The molecule has 2 fully saturated rings. The molecule has 1 amide bonds. The van der Waals surface area contributed by atoms with Gasteiger partial charge in [-0.2, -0.15) is 5.10 Å². The summed E-state index contributed by atoms with van der Waals surface area (Å²) in [5.74, 6) is 0.0416. The van der Waals surface area contributed by atoms with Gasteiger partial charge in [0.05, 0.1) is 18.2 Å². The third-order valence-corrected chi connectivity index (χ3v) is 6.26. The first kappa shape index (κ1) is 20.8. The van der Waals surface area contributed by atoms with Gasteiger partial charge < -0.3 is 9.64 Å². The Hall–Kier alpha value is -3.03. The molecule has 5 rings (SSSR count). The van der Waals surface area contributed by atoms with E-state index in [1.807, 2.05) is 46.1 Å². The van der Waals surface area contributed by atoms with Gasteiger partial charge in [-0.1, -0.05) is 30.3 Å². The van der Waals surface area contributed by atoms with E-state index in [4.69, 9.17) is 9.84 Å². The predicted octanol–water partition coefficient (Wildman–Crippen LogP) is 2.93. The van der Waals surface area contributed by atoms with Crippen molar-refractivity contribution in [1.82, 2.24) is 24.6 Å².